The van der Waals surface area contributed by atoms with Crippen LogP contribution in [0.25, 0.3) is 0 Å². The molecule has 0 aliphatic rings. The number of benzene rings is 1. The first kappa shape index (κ1) is 14.3. The first-order valence-corrected chi connectivity index (χ1v) is 5.63. The van der Waals surface area contributed by atoms with Gasteiger partial charge in [0.2, 0.25) is 5.91 Å². The second-order valence-corrected chi connectivity index (χ2v) is 3.73. The minimum Gasteiger partial charge on any atom is -0.481 e. The van der Waals surface area contributed by atoms with E-state index in [1.54, 1.807) is 30.3 Å². The van der Waals surface area contributed by atoms with Crippen LogP contribution < -0.4 is 5.32 Å². The molecule has 0 fully saturated rings. The Morgan fingerprint density at radius 1 is 1.21 bits per heavy atom. The third kappa shape index (κ3) is 5.90. The lowest BCUT2D eigenvalue weighted by Gasteiger charge is -2.04. The highest BCUT2D eigenvalue weighted by Gasteiger charge is 2.04. The standard InChI is InChI=1S/C14H12N2O3/c15-10-2-3-11-6-8-12(9-7-11)16-13(17)4-1-5-14(18)19/h6-9H,1,4-5H2,(H,16,17)(H,18,19). The van der Waals surface area contributed by atoms with E-state index in [-0.39, 0.29) is 18.7 Å². The summed E-state index contributed by atoms with van der Waals surface area (Å²) in [4.78, 5) is 21.8. The van der Waals surface area contributed by atoms with E-state index in [4.69, 9.17) is 10.4 Å². The molecule has 0 spiro atoms. The monoisotopic (exact) mass is 256 g/mol. The molecule has 1 aromatic carbocycles. The number of nitrogens with zero attached hydrogens (tertiary/aromatic N) is 1. The topological polar surface area (TPSA) is 90.2 Å². The fourth-order valence-electron chi connectivity index (χ4n) is 1.36. The number of anilines is 1. The largest absolute Gasteiger partial charge is 0.481 e. The minimum atomic E-state index is -0.909. The fourth-order valence-corrected chi connectivity index (χ4v) is 1.36. The number of carbonyl (C=O) groups excluding carboxylic acids is 1. The number of aliphatic carboxylic acids is 1. The highest BCUT2D eigenvalue weighted by atomic mass is 16.4. The quantitative estimate of drug-likeness (QED) is 0.785. The van der Waals surface area contributed by atoms with Crippen LogP contribution in [-0.4, -0.2) is 17.0 Å². The van der Waals surface area contributed by atoms with Crippen LogP contribution in [0.1, 0.15) is 24.8 Å². The van der Waals surface area contributed by atoms with Crippen molar-refractivity contribution in [2.45, 2.75) is 19.3 Å². The number of carbonyl (C=O) groups is 2. The van der Waals surface area contributed by atoms with Gasteiger partial charge in [-0.1, -0.05) is 5.92 Å². The van der Waals surface area contributed by atoms with Gasteiger partial charge in [-0.25, -0.2) is 0 Å². The summed E-state index contributed by atoms with van der Waals surface area (Å²) in [5.74, 6) is 3.77. The Bertz CT molecular complexity index is 559. The van der Waals surface area contributed by atoms with Crippen molar-refractivity contribution in [1.29, 1.82) is 5.26 Å². The maximum Gasteiger partial charge on any atom is 0.303 e. The number of hydrogen-bond donors (Lipinski definition) is 2. The molecule has 0 bridgehead atoms. The van der Waals surface area contributed by atoms with Crippen LogP contribution >= 0.6 is 0 Å². The highest BCUT2D eigenvalue weighted by molar-refractivity contribution is 5.90. The van der Waals surface area contributed by atoms with Crippen LogP contribution in [0.2, 0.25) is 0 Å². The second kappa shape index (κ2) is 7.52. The van der Waals surface area contributed by atoms with Crippen molar-refractivity contribution < 1.29 is 14.7 Å². The molecule has 5 heteroatoms. The van der Waals surface area contributed by atoms with Crippen molar-refractivity contribution in [3.8, 4) is 17.9 Å². The Kier molecular flexibility index (Phi) is 5.65. The summed E-state index contributed by atoms with van der Waals surface area (Å²) in [6.07, 6.45) is 0.464. The van der Waals surface area contributed by atoms with E-state index in [1.165, 1.54) is 0 Å². The zero-order chi connectivity index (χ0) is 14.1. The van der Waals surface area contributed by atoms with Crippen LogP contribution in [0.5, 0.6) is 0 Å². The molecule has 5 nitrogen and oxygen atoms in total. The maximum atomic E-state index is 11.5. The SMILES string of the molecule is N#CC#Cc1ccc(NC(=O)CCCC(=O)O)cc1. The van der Waals surface area contributed by atoms with Gasteiger partial charge in [0.05, 0.1) is 0 Å². The molecule has 19 heavy (non-hydrogen) atoms. The number of carboxylic acid groups (broad SMARTS) is 1. The molecule has 0 aliphatic heterocycles. The Morgan fingerprint density at radius 3 is 2.47 bits per heavy atom. The van der Waals surface area contributed by atoms with E-state index in [1.807, 2.05) is 0 Å². The average Bonchev–Trinajstić information content (AvgIpc) is 2.37. The molecular weight excluding hydrogens is 244 g/mol. The lowest BCUT2D eigenvalue weighted by Crippen LogP contribution is -2.11. The molecule has 1 amide bonds. The van der Waals surface area contributed by atoms with E-state index in [0.717, 1.165) is 0 Å². The average molecular weight is 256 g/mol. The number of rotatable bonds is 5. The first-order valence-electron chi connectivity index (χ1n) is 5.63. The predicted molar refractivity (Wildman–Crippen MR) is 69.0 cm³/mol. The zero-order valence-corrected chi connectivity index (χ0v) is 10.1. The van der Waals surface area contributed by atoms with E-state index in [2.05, 4.69) is 17.2 Å². The second-order valence-electron chi connectivity index (χ2n) is 3.73. The Balaban J connectivity index is 2.47. The number of carboxylic acids is 1. The molecule has 0 atom stereocenters. The lowest BCUT2D eigenvalue weighted by atomic mass is 10.2. The van der Waals surface area contributed by atoms with Gasteiger partial charge in [0.15, 0.2) is 6.07 Å². The van der Waals surface area contributed by atoms with Crippen molar-refractivity contribution in [2.75, 3.05) is 5.32 Å². The molecular formula is C14H12N2O3. The van der Waals surface area contributed by atoms with Gasteiger partial charge in [-0.2, -0.15) is 5.26 Å². The number of nitriles is 1. The predicted octanol–water partition coefficient (Wildman–Crippen LogP) is 1.76. The maximum absolute atomic E-state index is 11.5. The van der Waals surface area contributed by atoms with Gasteiger partial charge in [-0.3, -0.25) is 9.59 Å². The molecule has 1 rings (SSSR count). The van der Waals surface area contributed by atoms with Crippen molar-refractivity contribution in [1.82, 2.24) is 0 Å². The van der Waals surface area contributed by atoms with Crippen LogP contribution in [0.4, 0.5) is 5.69 Å². The molecule has 0 unspecified atom stereocenters. The molecule has 0 heterocycles. The fraction of sp³-hybridized carbons (Fsp3) is 0.214. The molecule has 0 aliphatic carbocycles. The van der Waals surface area contributed by atoms with Crippen LogP contribution in [0.15, 0.2) is 24.3 Å². The normalized spacial score (nSPS) is 8.79. The van der Waals surface area contributed by atoms with Gasteiger partial charge in [0.25, 0.3) is 0 Å². The zero-order valence-electron chi connectivity index (χ0n) is 10.1. The van der Waals surface area contributed by atoms with Gasteiger partial charge in [-0.05, 0) is 30.7 Å². The summed E-state index contributed by atoms with van der Waals surface area (Å²) in [7, 11) is 0. The van der Waals surface area contributed by atoms with Crippen molar-refractivity contribution in [3.05, 3.63) is 29.8 Å². The van der Waals surface area contributed by atoms with Crippen LogP contribution in [-0.2, 0) is 9.59 Å². The van der Waals surface area contributed by atoms with Gasteiger partial charge in [-0.15, -0.1) is 0 Å². The minimum absolute atomic E-state index is 0.0178. The molecule has 0 saturated heterocycles. The number of hydrogen-bond acceptors (Lipinski definition) is 3. The van der Waals surface area contributed by atoms with Gasteiger partial charge >= 0.3 is 5.97 Å². The molecule has 0 aromatic heterocycles. The summed E-state index contributed by atoms with van der Waals surface area (Å²) in [6.45, 7) is 0. The lowest BCUT2D eigenvalue weighted by molar-refractivity contribution is -0.137. The van der Waals surface area contributed by atoms with Gasteiger partial charge < -0.3 is 10.4 Å². The van der Waals surface area contributed by atoms with E-state index in [0.29, 0.717) is 17.7 Å². The Morgan fingerprint density at radius 2 is 1.89 bits per heavy atom. The van der Waals surface area contributed by atoms with Crippen molar-refractivity contribution in [3.63, 3.8) is 0 Å². The summed E-state index contributed by atoms with van der Waals surface area (Å²) in [6, 6.07) is 8.45. The summed E-state index contributed by atoms with van der Waals surface area (Å²) in [5, 5.41) is 19.4. The summed E-state index contributed by atoms with van der Waals surface area (Å²) >= 11 is 0. The number of nitrogens with one attached hydrogen (secondary N) is 1. The van der Waals surface area contributed by atoms with Gasteiger partial charge in [0.1, 0.15) is 0 Å². The molecule has 0 saturated carbocycles. The molecule has 96 valence electrons. The van der Waals surface area contributed by atoms with E-state index < -0.39 is 5.97 Å². The van der Waals surface area contributed by atoms with Crippen molar-refractivity contribution in [2.24, 2.45) is 0 Å². The van der Waals surface area contributed by atoms with Crippen molar-refractivity contribution >= 4 is 17.6 Å². The smallest absolute Gasteiger partial charge is 0.303 e. The van der Waals surface area contributed by atoms with Gasteiger partial charge in [0, 0.05) is 30.0 Å². The number of amides is 1. The first-order chi connectivity index (χ1) is 9.11. The van der Waals surface area contributed by atoms with E-state index >= 15 is 0 Å². The van der Waals surface area contributed by atoms with Crippen LogP contribution in [0.3, 0.4) is 0 Å². The summed E-state index contributed by atoms with van der Waals surface area (Å²) < 4.78 is 0. The molecule has 1 aromatic rings. The van der Waals surface area contributed by atoms with Crippen LogP contribution in [0, 0.1) is 23.2 Å². The third-order valence-electron chi connectivity index (χ3n) is 2.23. The summed E-state index contributed by atoms with van der Waals surface area (Å²) in [5.41, 5.74) is 1.30. The highest BCUT2D eigenvalue weighted by Crippen LogP contribution is 2.09. The molecule has 0 radical (unpaired) electrons. The molecule has 2 N–H and O–H groups in total. The van der Waals surface area contributed by atoms with E-state index in [9.17, 15) is 9.59 Å². The Labute approximate surface area is 110 Å². The Hall–Kier alpha value is -2.79. The third-order valence-corrected chi connectivity index (χ3v) is 2.23.